The van der Waals surface area contributed by atoms with E-state index in [0.717, 1.165) is 25.7 Å². The molecule has 2 heterocycles. The van der Waals surface area contributed by atoms with Gasteiger partial charge in [0.15, 0.2) is 0 Å². The molecule has 0 spiro atoms. The zero-order valence-electron chi connectivity index (χ0n) is 15.3. The molecular weight excluding hydrogens is 372 g/mol. The largest absolute Gasteiger partial charge is 0.495 e. The fourth-order valence-corrected chi connectivity index (χ4v) is 5.37. The summed E-state index contributed by atoms with van der Waals surface area (Å²) in [5, 5.41) is 9.40. The van der Waals surface area contributed by atoms with Crippen molar-refractivity contribution < 1.29 is 27.9 Å². The molecule has 2 saturated heterocycles. The molecule has 2 aliphatic rings. The number of hydrogen-bond donors (Lipinski definition) is 1. The smallest absolute Gasteiger partial charge is 0.326 e. The number of hydrogen-bond acceptors (Lipinski definition) is 5. The summed E-state index contributed by atoms with van der Waals surface area (Å²) >= 11 is 0. The van der Waals surface area contributed by atoms with E-state index in [1.165, 1.54) is 34.5 Å². The predicted molar refractivity (Wildman–Crippen MR) is 97.3 cm³/mol. The van der Waals surface area contributed by atoms with Gasteiger partial charge >= 0.3 is 5.97 Å². The fourth-order valence-electron chi connectivity index (χ4n) is 3.68. The molecule has 27 heavy (non-hydrogen) atoms. The SMILES string of the molecule is COc1ccc(C(=O)N2CCCCC2C(=O)O)cc1S(=O)(=O)N1CCCC1. The number of sulfonamides is 1. The number of carbonyl (C=O) groups excluding carboxylic acids is 1. The lowest BCUT2D eigenvalue weighted by Crippen LogP contribution is -2.48. The molecule has 1 aromatic rings. The third-order valence-electron chi connectivity index (χ3n) is 5.14. The van der Waals surface area contributed by atoms with E-state index in [9.17, 15) is 23.1 Å². The van der Waals surface area contributed by atoms with Crippen LogP contribution >= 0.6 is 0 Å². The van der Waals surface area contributed by atoms with E-state index in [1.54, 1.807) is 0 Å². The van der Waals surface area contributed by atoms with Gasteiger partial charge < -0.3 is 14.7 Å². The second kappa shape index (κ2) is 7.85. The summed E-state index contributed by atoms with van der Waals surface area (Å²) < 4.78 is 32.5. The third-order valence-corrected chi connectivity index (χ3v) is 7.06. The van der Waals surface area contributed by atoms with Gasteiger partial charge in [-0.25, -0.2) is 13.2 Å². The Labute approximate surface area is 158 Å². The van der Waals surface area contributed by atoms with Crippen LogP contribution in [0.5, 0.6) is 5.75 Å². The van der Waals surface area contributed by atoms with Crippen molar-refractivity contribution in [3.8, 4) is 5.75 Å². The molecule has 2 aliphatic heterocycles. The van der Waals surface area contributed by atoms with E-state index in [-0.39, 0.29) is 16.2 Å². The summed E-state index contributed by atoms with van der Waals surface area (Å²) in [7, 11) is -2.40. The van der Waals surface area contributed by atoms with Crippen molar-refractivity contribution in [2.45, 2.75) is 43.0 Å². The Morgan fingerprint density at radius 3 is 2.41 bits per heavy atom. The number of likely N-dealkylation sites (tertiary alicyclic amines) is 1. The van der Waals surface area contributed by atoms with E-state index in [2.05, 4.69) is 0 Å². The van der Waals surface area contributed by atoms with Gasteiger partial charge in [0.1, 0.15) is 16.7 Å². The Bertz CT molecular complexity index is 832. The average Bonchev–Trinajstić information content (AvgIpc) is 3.22. The van der Waals surface area contributed by atoms with Gasteiger partial charge in [-0.2, -0.15) is 4.31 Å². The lowest BCUT2D eigenvalue weighted by Gasteiger charge is -2.33. The van der Waals surface area contributed by atoms with Crippen LogP contribution in [0.2, 0.25) is 0 Å². The molecular formula is C18H24N2O6S. The van der Waals surface area contributed by atoms with Gasteiger partial charge in [0.2, 0.25) is 10.0 Å². The van der Waals surface area contributed by atoms with Crippen molar-refractivity contribution in [1.82, 2.24) is 9.21 Å². The van der Waals surface area contributed by atoms with E-state index in [4.69, 9.17) is 4.74 Å². The van der Waals surface area contributed by atoms with Gasteiger partial charge in [0.25, 0.3) is 5.91 Å². The standard InChI is InChI=1S/C18H24N2O6S/c1-26-15-8-7-13(12-16(15)27(24,25)19-9-4-5-10-19)17(21)20-11-3-2-6-14(20)18(22)23/h7-8,12,14H,2-6,9-11H2,1H3,(H,22,23). The van der Waals surface area contributed by atoms with Crippen molar-refractivity contribution in [2.24, 2.45) is 0 Å². The summed E-state index contributed by atoms with van der Waals surface area (Å²) in [6.45, 7) is 1.23. The van der Waals surface area contributed by atoms with Crippen LogP contribution in [-0.4, -0.2) is 67.4 Å². The van der Waals surface area contributed by atoms with Crippen LogP contribution in [0.4, 0.5) is 0 Å². The highest BCUT2D eigenvalue weighted by molar-refractivity contribution is 7.89. The number of piperidine rings is 1. The maximum atomic E-state index is 13.0. The van der Waals surface area contributed by atoms with Crippen LogP contribution in [0.25, 0.3) is 0 Å². The van der Waals surface area contributed by atoms with Gasteiger partial charge in [-0.05, 0) is 50.3 Å². The number of carboxylic acid groups (broad SMARTS) is 1. The number of ether oxygens (including phenoxy) is 1. The summed E-state index contributed by atoms with van der Waals surface area (Å²) in [5.74, 6) is -1.34. The van der Waals surface area contributed by atoms with Crippen LogP contribution < -0.4 is 4.74 Å². The molecule has 0 aliphatic carbocycles. The maximum absolute atomic E-state index is 13.0. The number of methoxy groups -OCH3 is 1. The van der Waals surface area contributed by atoms with Gasteiger partial charge in [-0.3, -0.25) is 4.79 Å². The zero-order chi connectivity index (χ0) is 19.6. The minimum atomic E-state index is -3.78. The number of rotatable bonds is 5. The lowest BCUT2D eigenvalue weighted by molar-refractivity contribution is -0.143. The highest BCUT2D eigenvalue weighted by Gasteiger charge is 2.34. The number of carboxylic acids is 1. The molecule has 9 heteroatoms. The van der Waals surface area contributed by atoms with Crippen molar-refractivity contribution in [1.29, 1.82) is 0 Å². The topological polar surface area (TPSA) is 104 Å². The third kappa shape index (κ3) is 3.79. The number of benzene rings is 1. The summed E-state index contributed by atoms with van der Waals surface area (Å²) in [6.07, 6.45) is 3.47. The molecule has 8 nitrogen and oxygen atoms in total. The van der Waals surface area contributed by atoms with Crippen LogP contribution in [0, 0.1) is 0 Å². The zero-order valence-corrected chi connectivity index (χ0v) is 16.1. The van der Waals surface area contributed by atoms with Gasteiger partial charge in [0.05, 0.1) is 7.11 Å². The van der Waals surface area contributed by atoms with Gasteiger partial charge in [0, 0.05) is 25.2 Å². The van der Waals surface area contributed by atoms with Crippen LogP contribution in [0.3, 0.4) is 0 Å². The highest BCUT2D eigenvalue weighted by Crippen LogP contribution is 2.31. The van der Waals surface area contributed by atoms with Crippen LogP contribution in [-0.2, 0) is 14.8 Å². The molecule has 1 amide bonds. The Kier molecular flexibility index (Phi) is 5.71. The first-order valence-corrected chi connectivity index (χ1v) is 10.5. The monoisotopic (exact) mass is 396 g/mol. The minimum absolute atomic E-state index is 0.0540. The molecule has 0 saturated carbocycles. The second-order valence-corrected chi connectivity index (χ2v) is 8.73. The molecule has 3 rings (SSSR count). The molecule has 1 aromatic carbocycles. The normalized spacial score (nSPS) is 21.2. The quantitative estimate of drug-likeness (QED) is 0.810. The Balaban J connectivity index is 1.97. The van der Waals surface area contributed by atoms with E-state index in [1.807, 2.05) is 0 Å². The number of amides is 1. The van der Waals surface area contributed by atoms with E-state index < -0.39 is 27.9 Å². The summed E-state index contributed by atoms with van der Waals surface area (Å²) in [4.78, 5) is 25.7. The average molecular weight is 396 g/mol. The summed E-state index contributed by atoms with van der Waals surface area (Å²) in [6, 6.07) is 3.36. The number of nitrogens with zero attached hydrogens (tertiary/aromatic N) is 2. The first kappa shape index (κ1) is 19.6. The van der Waals surface area contributed by atoms with Crippen molar-refractivity contribution in [2.75, 3.05) is 26.7 Å². The lowest BCUT2D eigenvalue weighted by atomic mass is 10.0. The molecule has 0 aromatic heterocycles. The first-order valence-electron chi connectivity index (χ1n) is 9.08. The van der Waals surface area contributed by atoms with E-state index in [0.29, 0.717) is 26.1 Å². The molecule has 0 bridgehead atoms. The molecule has 1 N–H and O–H groups in total. The van der Waals surface area contributed by atoms with Gasteiger partial charge in [-0.1, -0.05) is 0 Å². The van der Waals surface area contributed by atoms with Crippen molar-refractivity contribution in [3.05, 3.63) is 23.8 Å². The Hall–Kier alpha value is -2.13. The summed E-state index contributed by atoms with van der Waals surface area (Å²) in [5.41, 5.74) is 0.154. The van der Waals surface area contributed by atoms with Crippen molar-refractivity contribution >= 4 is 21.9 Å². The highest BCUT2D eigenvalue weighted by atomic mass is 32.2. The van der Waals surface area contributed by atoms with Crippen LogP contribution in [0.15, 0.2) is 23.1 Å². The van der Waals surface area contributed by atoms with Gasteiger partial charge in [-0.15, -0.1) is 0 Å². The van der Waals surface area contributed by atoms with Crippen LogP contribution in [0.1, 0.15) is 42.5 Å². The van der Waals surface area contributed by atoms with Crippen molar-refractivity contribution in [3.63, 3.8) is 0 Å². The van der Waals surface area contributed by atoms with E-state index >= 15 is 0 Å². The molecule has 0 radical (unpaired) electrons. The Morgan fingerprint density at radius 2 is 1.78 bits per heavy atom. The second-order valence-electron chi connectivity index (χ2n) is 6.83. The maximum Gasteiger partial charge on any atom is 0.326 e. The Morgan fingerprint density at radius 1 is 1.11 bits per heavy atom. The molecule has 1 atom stereocenters. The minimum Gasteiger partial charge on any atom is -0.495 e. The number of aliphatic carboxylic acids is 1. The predicted octanol–water partition coefficient (Wildman–Crippen LogP) is 1.56. The number of carbonyl (C=O) groups is 2. The molecule has 1 unspecified atom stereocenters. The first-order chi connectivity index (χ1) is 12.9. The molecule has 148 valence electrons. The fraction of sp³-hybridized carbons (Fsp3) is 0.556. The molecule has 2 fully saturated rings.